The van der Waals surface area contributed by atoms with Gasteiger partial charge < -0.3 is 4.90 Å². The number of ketones is 1. The van der Waals surface area contributed by atoms with E-state index < -0.39 is 10.8 Å². The van der Waals surface area contributed by atoms with E-state index in [0.29, 0.717) is 12.5 Å². The third-order valence-electron chi connectivity index (χ3n) is 4.13. The Bertz CT molecular complexity index is 373. The van der Waals surface area contributed by atoms with Gasteiger partial charge in [-0.1, -0.05) is 55.4 Å². The molecule has 19 heavy (non-hydrogen) atoms. The summed E-state index contributed by atoms with van der Waals surface area (Å²) in [4.78, 5) is 27.1. The van der Waals surface area contributed by atoms with Crippen LogP contribution in [-0.2, 0) is 9.59 Å². The highest BCUT2D eigenvalue weighted by atomic mass is 16.2. The Morgan fingerprint density at radius 1 is 0.947 bits per heavy atom. The van der Waals surface area contributed by atoms with Gasteiger partial charge in [-0.3, -0.25) is 9.59 Å². The third kappa shape index (κ3) is 3.18. The number of hydrogen-bond acceptors (Lipinski definition) is 2. The first-order chi connectivity index (χ1) is 8.37. The number of hydrogen-bond donors (Lipinski definition) is 0. The van der Waals surface area contributed by atoms with Gasteiger partial charge in [-0.05, 0) is 11.8 Å². The van der Waals surface area contributed by atoms with Crippen molar-refractivity contribution in [3.8, 4) is 0 Å². The highest BCUT2D eigenvalue weighted by Crippen LogP contribution is 2.36. The zero-order valence-corrected chi connectivity index (χ0v) is 13.7. The van der Waals surface area contributed by atoms with E-state index in [4.69, 9.17) is 0 Å². The second-order valence-electron chi connectivity index (χ2n) is 8.10. The van der Waals surface area contributed by atoms with Gasteiger partial charge in [0.1, 0.15) is 0 Å². The molecule has 1 saturated heterocycles. The molecule has 3 unspecified atom stereocenters. The molecule has 0 spiro atoms. The van der Waals surface area contributed by atoms with Crippen molar-refractivity contribution in [2.45, 2.75) is 61.4 Å². The van der Waals surface area contributed by atoms with Crippen LogP contribution in [0, 0.1) is 22.7 Å². The summed E-state index contributed by atoms with van der Waals surface area (Å²) in [5.74, 6) is 0.883. The maximum atomic E-state index is 12.7. The highest BCUT2D eigenvalue weighted by molar-refractivity contribution is 5.94. The molecule has 1 amide bonds. The topological polar surface area (TPSA) is 37.4 Å². The summed E-state index contributed by atoms with van der Waals surface area (Å²) in [5, 5.41) is 0. The summed E-state index contributed by atoms with van der Waals surface area (Å²) in [7, 11) is 0. The lowest BCUT2D eigenvalue weighted by Gasteiger charge is -2.34. The first-order valence-corrected chi connectivity index (χ1v) is 7.22. The Labute approximate surface area is 117 Å². The average Bonchev–Trinajstić information content (AvgIpc) is 2.50. The average molecular weight is 267 g/mol. The van der Waals surface area contributed by atoms with Crippen LogP contribution in [0.5, 0.6) is 0 Å². The van der Waals surface area contributed by atoms with Gasteiger partial charge in [0.15, 0.2) is 5.78 Å². The lowest BCUT2D eigenvalue weighted by molar-refractivity contribution is -0.147. The van der Waals surface area contributed by atoms with Crippen LogP contribution in [0.3, 0.4) is 0 Å². The lowest BCUT2D eigenvalue weighted by Crippen LogP contribution is -2.50. The fourth-order valence-corrected chi connectivity index (χ4v) is 2.65. The maximum Gasteiger partial charge on any atom is 0.228 e. The van der Waals surface area contributed by atoms with Gasteiger partial charge in [-0.25, -0.2) is 0 Å². The second-order valence-corrected chi connectivity index (χ2v) is 8.10. The number of rotatable bonds is 1. The fraction of sp³-hybridized carbons (Fsp3) is 0.875. The van der Waals surface area contributed by atoms with Crippen molar-refractivity contribution in [3.63, 3.8) is 0 Å². The third-order valence-corrected chi connectivity index (χ3v) is 4.13. The van der Waals surface area contributed by atoms with Gasteiger partial charge in [0.25, 0.3) is 0 Å². The van der Waals surface area contributed by atoms with Crippen LogP contribution >= 0.6 is 0 Å². The van der Waals surface area contributed by atoms with E-state index in [1.807, 2.05) is 46.4 Å². The van der Waals surface area contributed by atoms with Gasteiger partial charge in [-0.15, -0.1) is 0 Å². The van der Waals surface area contributed by atoms with Gasteiger partial charge in [0.05, 0.1) is 6.04 Å². The summed E-state index contributed by atoms with van der Waals surface area (Å²) >= 11 is 0. The highest BCUT2D eigenvalue weighted by Gasteiger charge is 2.48. The SMILES string of the molecule is CC1CN(C(=O)C(C)(C)C)C(C(=O)C(C)(C)C)C1C. The Kier molecular flexibility index (Phi) is 4.19. The molecule has 110 valence electrons. The molecular weight excluding hydrogens is 238 g/mol. The minimum atomic E-state index is -0.430. The summed E-state index contributed by atoms with van der Waals surface area (Å²) in [6.45, 7) is 16.5. The van der Waals surface area contributed by atoms with Crippen molar-refractivity contribution in [3.05, 3.63) is 0 Å². The minimum Gasteiger partial charge on any atom is -0.332 e. The Balaban J connectivity index is 3.10. The van der Waals surface area contributed by atoms with Crippen LogP contribution < -0.4 is 0 Å². The predicted octanol–water partition coefficient (Wildman–Crippen LogP) is 3.13. The number of amides is 1. The number of carbonyl (C=O) groups excluding carboxylic acids is 2. The predicted molar refractivity (Wildman–Crippen MR) is 77.7 cm³/mol. The molecule has 1 fully saturated rings. The lowest BCUT2D eigenvalue weighted by atomic mass is 9.80. The second kappa shape index (κ2) is 4.92. The van der Waals surface area contributed by atoms with Crippen LogP contribution in [0.1, 0.15) is 55.4 Å². The molecule has 0 aromatic rings. The molecule has 0 aromatic carbocycles. The number of likely N-dealkylation sites (tertiary alicyclic amines) is 1. The van der Waals surface area contributed by atoms with E-state index >= 15 is 0 Å². The van der Waals surface area contributed by atoms with Crippen molar-refractivity contribution in [1.29, 1.82) is 0 Å². The fourth-order valence-electron chi connectivity index (χ4n) is 2.65. The van der Waals surface area contributed by atoms with Gasteiger partial charge in [-0.2, -0.15) is 0 Å². The molecule has 1 aliphatic rings. The molecule has 0 radical (unpaired) electrons. The van der Waals surface area contributed by atoms with Crippen LogP contribution in [-0.4, -0.2) is 29.2 Å². The Hall–Kier alpha value is -0.860. The minimum absolute atomic E-state index is 0.0892. The zero-order valence-electron chi connectivity index (χ0n) is 13.7. The summed E-state index contributed by atoms with van der Waals surface area (Å²) < 4.78 is 0. The molecule has 1 heterocycles. The molecule has 0 aromatic heterocycles. The van der Waals surface area contributed by atoms with E-state index in [2.05, 4.69) is 13.8 Å². The zero-order chi connectivity index (χ0) is 15.2. The number of nitrogens with zero attached hydrogens (tertiary/aromatic N) is 1. The molecule has 0 saturated carbocycles. The molecule has 1 aliphatic heterocycles. The maximum absolute atomic E-state index is 12.7. The van der Waals surface area contributed by atoms with E-state index in [1.54, 1.807) is 0 Å². The molecular formula is C16H29NO2. The van der Waals surface area contributed by atoms with Gasteiger partial charge >= 0.3 is 0 Å². The van der Waals surface area contributed by atoms with E-state index in [-0.39, 0.29) is 23.7 Å². The molecule has 3 heteroatoms. The van der Waals surface area contributed by atoms with Crippen LogP contribution in [0.25, 0.3) is 0 Å². The first-order valence-electron chi connectivity index (χ1n) is 7.22. The summed E-state index contributed by atoms with van der Waals surface area (Å²) in [6, 6.07) is -0.262. The van der Waals surface area contributed by atoms with Crippen molar-refractivity contribution in [1.82, 2.24) is 4.90 Å². The van der Waals surface area contributed by atoms with E-state index in [9.17, 15) is 9.59 Å². The molecule has 3 nitrogen and oxygen atoms in total. The molecule has 3 atom stereocenters. The number of Topliss-reactive ketones (excluding diaryl/α,β-unsaturated/α-hetero) is 1. The van der Waals surface area contributed by atoms with E-state index in [0.717, 1.165) is 0 Å². The summed E-state index contributed by atoms with van der Waals surface area (Å²) in [5.41, 5.74) is -0.834. The van der Waals surface area contributed by atoms with Crippen molar-refractivity contribution in [2.24, 2.45) is 22.7 Å². The summed E-state index contributed by atoms with van der Waals surface area (Å²) in [6.07, 6.45) is 0. The molecule has 0 aliphatic carbocycles. The molecule has 0 bridgehead atoms. The molecule has 0 N–H and O–H groups in total. The van der Waals surface area contributed by atoms with Crippen molar-refractivity contribution >= 4 is 11.7 Å². The van der Waals surface area contributed by atoms with Gasteiger partial charge in [0, 0.05) is 17.4 Å². The van der Waals surface area contributed by atoms with E-state index in [1.165, 1.54) is 0 Å². The monoisotopic (exact) mass is 267 g/mol. The van der Waals surface area contributed by atoms with Crippen LogP contribution in [0.15, 0.2) is 0 Å². The first kappa shape index (κ1) is 16.2. The van der Waals surface area contributed by atoms with Crippen molar-refractivity contribution in [2.75, 3.05) is 6.54 Å². The quantitative estimate of drug-likeness (QED) is 0.732. The Morgan fingerprint density at radius 3 is 1.79 bits per heavy atom. The van der Waals surface area contributed by atoms with Crippen molar-refractivity contribution < 1.29 is 9.59 Å². The van der Waals surface area contributed by atoms with Crippen LogP contribution in [0.4, 0.5) is 0 Å². The van der Waals surface area contributed by atoms with Crippen LogP contribution in [0.2, 0.25) is 0 Å². The largest absolute Gasteiger partial charge is 0.332 e. The smallest absolute Gasteiger partial charge is 0.228 e. The number of carbonyl (C=O) groups is 2. The standard InChI is InChI=1S/C16H29NO2/c1-10-9-17(14(19)16(6,7)8)12(11(10)2)13(18)15(3,4)5/h10-12H,9H2,1-8H3. The van der Waals surface area contributed by atoms with Gasteiger partial charge in [0.2, 0.25) is 5.91 Å². The normalized spacial score (nSPS) is 28.6. The Morgan fingerprint density at radius 2 is 1.42 bits per heavy atom. The molecule has 1 rings (SSSR count).